The minimum Gasteiger partial charge on any atom is -0.495 e. The quantitative estimate of drug-likeness (QED) is 0.504. The molecule has 2 aromatic heterocycles. The van der Waals surface area contributed by atoms with E-state index in [0.29, 0.717) is 17.7 Å². The second-order valence-electron chi connectivity index (χ2n) is 8.73. The molecule has 3 heterocycles. The fourth-order valence-electron chi connectivity index (χ4n) is 4.14. The lowest BCUT2D eigenvalue weighted by Crippen LogP contribution is -2.26. The maximum Gasteiger partial charge on any atom is 0.254 e. The van der Waals surface area contributed by atoms with Crippen LogP contribution in [-0.2, 0) is 20.0 Å². The predicted molar refractivity (Wildman–Crippen MR) is 125 cm³/mol. The van der Waals surface area contributed by atoms with Gasteiger partial charge in [0.05, 0.1) is 18.5 Å². The van der Waals surface area contributed by atoms with Crippen molar-refractivity contribution >= 4 is 29.2 Å². The lowest BCUT2D eigenvalue weighted by Gasteiger charge is -2.26. The number of benzene rings is 1. The number of primary amides is 1. The summed E-state index contributed by atoms with van der Waals surface area (Å²) in [6, 6.07) is 6.13. The van der Waals surface area contributed by atoms with Crippen molar-refractivity contribution in [2.75, 3.05) is 31.3 Å². The first-order valence-electron chi connectivity index (χ1n) is 11.0. The second-order valence-corrected chi connectivity index (χ2v) is 8.73. The Kier molecular flexibility index (Phi) is 5.37. The van der Waals surface area contributed by atoms with Crippen LogP contribution in [0.1, 0.15) is 45.9 Å². The van der Waals surface area contributed by atoms with Crippen molar-refractivity contribution in [1.82, 2.24) is 24.6 Å². The number of carbonyl (C=O) groups excluding carboxylic acids is 1. The third-order valence-corrected chi connectivity index (χ3v) is 6.17. The summed E-state index contributed by atoms with van der Waals surface area (Å²) in [5.41, 5.74) is 10.1. The lowest BCUT2D eigenvalue weighted by molar-refractivity contribution is 0.100. The highest BCUT2D eigenvalue weighted by molar-refractivity contribution is 5.98. The zero-order chi connectivity index (χ0) is 23.1. The molecule has 1 aliphatic heterocycles. The molecule has 172 valence electrons. The fraction of sp³-hybridized carbons (Fsp3) is 0.391. The van der Waals surface area contributed by atoms with Crippen LogP contribution < -0.4 is 21.1 Å². The highest BCUT2D eigenvalue weighted by Crippen LogP contribution is 2.40. The van der Waals surface area contributed by atoms with Crippen LogP contribution in [0.3, 0.4) is 0 Å². The molecule has 1 fully saturated rings. The number of fused-ring (bicyclic) bond motifs is 1. The number of aryl methyl sites for hydroxylation is 1. The van der Waals surface area contributed by atoms with E-state index < -0.39 is 5.91 Å². The van der Waals surface area contributed by atoms with Crippen molar-refractivity contribution in [2.45, 2.75) is 31.7 Å². The molecule has 10 heteroatoms. The van der Waals surface area contributed by atoms with Crippen LogP contribution in [0.25, 0.3) is 0 Å². The summed E-state index contributed by atoms with van der Waals surface area (Å²) in [6.45, 7) is 1.89. The Morgan fingerprint density at radius 1 is 1.18 bits per heavy atom. The zero-order valence-electron chi connectivity index (χ0n) is 19.1. The number of hydrogen-bond donors (Lipinski definition) is 3. The maximum absolute atomic E-state index is 12.0. The van der Waals surface area contributed by atoms with Crippen LogP contribution in [0.2, 0.25) is 0 Å². The van der Waals surface area contributed by atoms with Crippen LogP contribution in [0.4, 0.5) is 23.3 Å². The maximum atomic E-state index is 12.0. The molecule has 0 bridgehead atoms. The molecule has 3 aromatic rings. The smallest absolute Gasteiger partial charge is 0.254 e. The van der Waals surface area contributed by atoms with Gasteiger partial charge in [-0.25, -0.2) is 4.98 Å². The van der Waals surface area contributed by atoms with Crippen molar-refractivity contribution in [1.29, 1.82) is 0 Å². The molecule has 2 aliphatic rings. The number of carbonyl (C=O) groups is 1. The van der Waals surface area contributed by atoms with Gasteiger partial charge in [-0.3, -0.25) is 9.48 Å². The molecule has 0 radical (unpaired) electrons. The van der Waals surface area contributed by atoms with Gasteiger partial charge in [0.1, 0.15) is 22.9 Å². The minimum atomic E-state index is -0.608. The molecule has 0 spiro atoms. The molecule has 1 aliphatic carbocycles. The monoisotopic (exact) mass is 448 g/mol. The number of hydrogen-bond acceptors (Lipinski definition) is 8. The molecule has 1 aromatic carbocycles. The number of rotatable bonds is 7. The van der Waals surface area contributed by atoms with E-state index in [1.54, 1.807) is 11.8 Å². The van der Waals surface area contributed by atoms with E-state index in [9.17, 15) is 4.79 Å². The zero-order valence-corrected chi connectivity index (χ0v) is 19.1. The molecule has 33 heavy (non-hydrogen) atoms. The van der Waals surface area contributed by atoms with Crippen molar-refractivity contribution < 1.29 is 9.53 Å². The number of nitrogens with one attached hydrogen (secondary N) is 2. The van der Waals surface area contributed by atoms with Crippen LogP contribution >= 0.6 is 0 Å². The predicted octanol–water partition coefficient (Wildman–Crippen LogP) is 2.67. The first kappa shape index (κ1) is 21.2. The van der Waals surface area contributed by atoms with Crippen LogP contribution in [-0.4, -0.2) is 51.3 Å². The van der Waals surface area contributed by atoms with Gasteiger partial charge < -0.3 is 26.0 Å². The third kappa shape index (κ3) is 4.34. The number of likely N-dealkylation sites (N-methyl/N-ethyl adjacent to an activating group) is 1. The largest absolute Gasteiger partial charge is 0.495 e. The molecular weight excluding hydrogens is 420 g/mol. The topological polar surface area (TPSA) is 123 Å². The standard InChI is InChI=1S/C23H28N8O2/c1-30-7-6-14-9-19(33-3)18(8-15(14)12-30)26-23-25-11-16(21(24)32)22(28-23)27-20-10-17(13-4-5-13)29-31(20)2/h8-11,13H,4-7,12H2,1-3H3,(H2,24,32)(H2,25,26,27,28). The van der Waals surface area contributed by atoms with Gasteiger partial charge in [0, 0.05) is 38.3 Å². The number of anilines is 4. The van der Waals surface area contributed by atoms with E-state index in [1.165, 1.54) is 17.3 Å². The van der Waals surface area contributed by atoms with Gasteiger partial charge in [0.15, 0.2) is 0 Å². The first-order chi connectivity index (χ1) is 15.9. The first-order valence-corrected chi connectivity index (χ1v) is 11.0. The molecule has 4 N–H and O–H groups in total. The molecular formula is C23H28N8O2. The van der Waals surface area contributed by atoms with Crippen LogP contribution in [0.5, 0.6) is 5.75 Å². The van der Waals surface area contributed by atoms with Crippen LogP contribution in [0, 0.1) is 0 Å². The molecule has 1 saturated carbocycles. The Labute approximate surface area is 192 Å². The van der Waals surface area contributed by atoms with Gasteiger partial charge >= 0.3 is 0 Å². The second kappa shape index (κ2) is 8.36. The Morgan fingerprint density at radius 2 is 2.00 bits per heavy atom. The van der Waals surface area contributed by atoms with E-state index in [0.717, 1.165) is 55.3 Å². The Bertz CT molecular complexity index is 1220. The fourth-order valence-corrected chi connectivity index (χ4v) is 4.14. The Hall–Kier alpha value is -3.66. The molecule has 10 nitrogen and oxygen atoms in total. The average Bonchev–Trinajstić information content (AvgIpc) is 3.57. The van der Waals surface area contributed by atoms with Gasteiger partial charge in [-0.1, -0.05) is 0 Å². The van der Waals surface area contributed by atoms with E-state index in [1.807, 2.05) is 13.1 Å². The molecule has 5 rings (SSSR count). The van der Waals surface area contributed by atoms with Gasteiger partial charge in [0.25, 0.3) is 5.91 Å². The SMILES string of the molecule is COc1cc2c(cc1Nc1ncc(C(N)=O)c(Nc3cc(C4CC4)nn3C)n1)CN(C)CC2. The normalized spacial score (nSPS) is 15.7. The number of methoxy groups -OCH3 is 1. The number of ether oxygens (including phenoxy) is 1. The molecule has 0 unspecified atom stereocenters. The van der Waals surface area contributed by atoms with E-state index >= 15 is 0 Å². The van der Waals surface area contributed by atoms with Gasteiger partial charge in [-0.15, -0.1) is 0 Å². The summed E-state index contributed by atoms with van der Waals surface area (Å²) in [5, 5.41) is 11.0. The van der Waals surface area contributed by atoms with Crippen molar-refractivity contribution in [2.24, 2.45) is 12.8 Å². The highest BCUT2D eigenvalue weighted by Gasteiger charge is 2.27. The summed E-state index contributed by atoms with van der Waals surface area (Å²) in [4.78, 5) is 23.2. The van der Waals surface area contributed by atoms with Crippen molar-refractivity contribution in [3.05, 3.63) is 46.8 Å². The van der Waals surface area contributed by atoms with Gasteiger partial charge in [-0.05, 0) is 49.6 Å². The summed E-state index contributed by atoms with van der Waals surface area (Å²) in [5.74, 6) is 2.01. The van der Waals surface area contributed by atoms with Gasteiger partial charge in [-0.2, -0.15) is 10.1 Å². The molecule has 0 saturated heterocycles. The Balaban J connectivity index is 1.46. The number of aromatic nitrogens is 4. The van der Waals surface area contributed by atoms with E-state index in [4.69, 9.17) is 10.5 Å². The number of amides is 1. The third-order valence-electron chi connectivity index (χ3n) is 6.17. The van der Waals surface area contributed by atoms with Crippen molar-refractivity contribution in [3.63, 3.8) is 0 Å². The number of nitrogens with two attached hydrogens (primary N) is 1. The minimum absolute atomic E-state index is 0.203. The summed E-state index contributed by atoms with van der Waals surface area (Å²) >= 11 is 0. The average molecular weight is 449 g/mol. The van der Waals surface area contributed by atoms with Crippen molar-refractivity contribution in [3.8, 4) is 5.75 Å². The molecule has 0 atom stereocenters. The lowest BCUT2D eigenvalue weighted by atomic mass is 9.99. The number of nitrogens with zero attached hydrogens (tertiary/aromatic N) is 5. The van der Waals surface area contributed by atoms with E-state index in [-0.39, 0.29) is 5.56 Å². The summed E-state index contributed by atoms with van der Waals surface area (Å²) in [6.07, 6.45) is 4.72. The summed E-state index contributed by atoms with van der Waals surface area (Å²) in [7, 11) is 5.61. The summed E-state index contributed by atoms with van der Waals surface area (Å²) < 4.78 is 7.36. The van der Waals surface area contributed by atoms with E-state index in [2.05, 4.69) is 49.8 Å². The van der Waals surface area contributed by atoms with Crippen LogP contribution in [0.15, 0.2) is 24.4 Å². The Morgan fingerprint density at radius 3 is 2.73 bits per heavy atom. The van der Waals surface area contributed by atoms with Gasteiger partial charge in [0.2, 0.25) is 5.95 Å². The highest BCUT2D eigenvalue weighted by atomic mass is 16.5. The molecule has 1 amide bonds.